The molecule has 3 rings (SSSR count). The summed E-state index contributed by atoms with van der Waals surface area (Å²) in [5.74, 6) is 1.34. The molecule has 24 heavy (non-hydrogen) atoms. The van der Waals surface area contributed by atoms with Gasteiger partial charge in [0.1, 0.15) is 29.0 Å². The van der Waals surface area contributed by atoms with Crippen LogP contribution < -0.4 is 14.8 Å². The predicted octanol–water partition coefficient (Wildman–Crippen LogP) is 3.63. The quantitative estimate of drug-likeness (QED) is 0.486. The molecule has 1 saturated heterocycles. The molecule has 1 aliphatic rings. The number of carbonyl (C=O) groups excluding carboxylic acids is 1. The normalized spacial score (nSPS) is 15.4. The van der Waals surface area contributed by atoms with E-state index in [2.05, 4.69) is 5.32 Å². The van der Waals surface area contributed by atoms with Crippen molar-refractivity contribution >= 4 is 40.3 Å². The van der Waals surface area contributed by atoms with Gasteiger partial charge in [-0.2, -0.15) is 0 Å². The summed E-state index contributed by atoms with van der Waals surface area (Å²) in [7, 11) is 0. The average molecular weight is 357 g/mol. The van der Waals surface area contributed by atoms with Gasteiger partial charge in [0.2, 0.25) is 0 Å². The molecule has 0 aliphatic carbocycles. The van der Waals surface area contributed by atoms with Crippen LogP contribution in [0.3, 0.4) is 0 Å². The van der Waals surface area contributed by atoms with Crippen molar-refractivity contribution in [2.24, 2.45) is 0 Å². The number of thiocarbonyl (C=S) groups is 1. The summed E-state index contributed by atoms with van der Waals surface area (Å²) in [6.45, 7) is 0.848. The van der Waals surface area contributed by atoms with Crippen LogP contribution in [-0.4, -0.2) is 23.4 Å². The molecule has 1 heterocycles. The van der Waals surface area contributed by atoms with Gasteiger partial charge in [0.15, 0.2) is 0 Å². The molecule has 1 amide bonds. The molecule has 0 bridgehead atoms. The van der Waals surface area contributed by atoms with E-state index in [9.17, 15) is 4.79 Å². The van der Waals surface area contributed by atoms with Crippen LogP contribution in [0, 0.1) is 0 Å². The molecular weight excluding hydrogens is 342 g/mol. The largest absolute Gasteiger partial charge is 0.490 e. The van der Waals surface area contributed by atoms with Crippen molar-refractivity contribution in [3.63, 3.8) is 0 Å². The molecular formula is C18H15NO3S2. The minimum Gasteiger partial charge on any atom is -0.490 e. The van der Waals surface area contributed by atoms with Crippen LogP contribution in [0.25, 0.3) is 6.08 Å². The summed E-state index contributed by atoms with van der Waals surface area (Å²) in [4.78, 5) is 12.3. The van der Waals surface area contributed by atoms with Gasteiger partial charge >= 0.3 is 0 Å². The number of thioether (sulfide) groups is 1. The first-order chi connectivity index (χ1) is 11.7. The monoisotopic (exact) mass is 357 g/mol. The molecule has 4 nitrogen and oxygen atoms in total. The van der Waals surface area contributed by atoms with E-state index in [0.717, 1.165) is 11.3 Å². The minimum absolute atomic E-state index is 0.174. The lowest BCUT2D eigenvalue weighted by Gasteiger charge is -2.10. The van der Waals surface area contributed by atoms with E-state index in [-0.39, 0.29) is 5.91 Å². The molecule has 0 atom stereocenters. The number of nitrogens with one attached hydrogen (secondary N) is 1. The van der Waals surface area contributed by atoms with E-state index in [0.29, 0.717) is 28.2 Å². The van der Waals surface area contributed by atoms with Crippen molar-refractivity contribution in [2.75, 3.05) is 13.2 Å². The van der Waals surface area contributed by atoms with E-state index in [4.69, 9.17) is 21.7 Å². The van der Waals surface area contributed by atoms with Crippen LogP contribution >= 0.6 is 24.0 Å². The Labute approximate surface area is 149 Å². The Morgan fingerprint density at radius 1 is 1.00 bits per heavy atom. The molecule has 6 heteroatoms. The Bertz CT molecular complexity index is 775. The van der Waals surface area contributed by atoms with Crippen molar-refractivity contribution in [3.8, 4) is 11.5 Å². The van der Waals surface area contributed by atoms with Gasteiger partial charge in [0.25, 0.3) is 5.91 Å². The summed E-state index contributed by atoms with van der Waals surface area (Å²) in [5.41, 5.74) is 0.833. The molecule has 0 saturated carbocycles. The van der Waals surface area contributed by atoms with Gasteiger partial charge in [0, 0.05) is 5.56 Å². The van der Waals surface area contributed by atoms with E-state index in [1.807, 2.05) is 54.6 Å². The fourth-order valence-electron chi connectivity index (χ4n) is 2.12. The second kappa shape index (κ2) is 7.99. The maximum atomic E-state index is 11.8. The van der Waals surface area contributed by atoms with Crippen LogP contribution in [0.15, 0.2) is 59.5 Å². The first-order valence-corrected chi connectivity index (χ1v) is 8.59. The molecule has 122 valence electrons. The number of ether oxygens (including phenoxy) is 2. The summed E-state index contributed by atoms with van der Waals surface area (Å²) in [6.07, 6.45) is 1.78. The lowest BCUT2D eigenvalue weighted by molar-refractivity contribution is -0.115. The van der Waals surface area contributed by atoms with Gasteiger partial charge in [-0.25, -0.2) is 0 Å². The lowest BCUT2D eigenvalue weighted by Crippen LogP contribution is -2.17. The average Bonchev–Trinajstić information content (AvgIpc) is 2.91. The zero-order valence-corrected chi connectivity index (χ0v) is 14.4. The SMILES string of the molecule is O=C1NC(=S)S/C1=C/c1ccccc1OCCOc1ccccc1. The number of amides is 1. The maximum absolute atomic E-state index is 11.8. The van der Waals surface area contributed by atoms with Crippen LogP contribution in [0.1, 0.15) is 5.56 Å². The highest BCUT2D eigenvalue weighted by Gasteiger charge is 2.22. The smallest absolute Gasteiger partial charge is 0.263 e. The van der Waals surface area contributed by atoms with Gasteiger partial charge in [-0.05, 0) is 24.3 Å². The summed E-state index contributed by atoms with van der Waals surface area (Å²) >= 11 is 6.25. The van der Waals surface area contributed by atoms with Gasteiger partial charge < -0.3 is 14.8 Å². The summed E-state index contributed by atoms with van der Waals surface area (Å²) in [5, 5.41) is 2.60. The number of para-hydroxylation sites is 2. The second-order valence-electron chi connectivity index (χ2n) is 4.90. The van der Waals surface area contributed by atoms with Crippen molar-refractivity contribution in [1.82, 2.24) is 5.32 Å². The Morgan fingerprint density at radius 3 is 2.46 bits per heavy atom. The van der Waals surface area contributed by atoms with Gasteiger partial charge in [0.05, 0.1) is 4.91 Å². The van der Waals surface area contributed by atoms with Crippen LogP contribution in [0.5, 0.6) is 11.5 Å². The Hall–Kier alpha value is -2.31. The summed E-state index contributed by atoms with van der Waals surface area (Å²) in [6, 6.07) is 17.1. The zero-order chi connectivity index (χ0) is 16.8. The molecule has 1 aliphatic heterocycles. The van der Waals surface area contributed by atoms with Gasteiger partial charge in [-0.1, -0.05) is 60.4 Å². The number of hydrogen-bond acceptors (Lipinski definition) is 5. The Kier molecular flexibility index (Phi) is 5.51. The first-order valence-electron chi connectivity index (χ1n) is 7.37. The van der Waals surface area contributed by atoms with Gasteiger partial charge in [-0.15, -0.1) is 0 Å². The first kappa shape index (κ1) is 16.5. The third kappa shape index (κ3) is 4.37. The minimum atomic E-state index is -0.174. The third-order valence-electron chi connectivity index (χ3n) is 3.20. The zero-order valence-electron chi connectivity index (χ0n) is 12.7. The predicted molar refractivity (Wildman–Crippen MR) is 100 cm³/mol. The lowest BCUT2D eigenvalue weighted by atomic mass is 10.2. The van der Waals surface area contributed by atoms with Gasteiger partial charge in [-0.3, -0.25) is 4.79 Å². The van der Waals surface area contributed by atoms with E-state index in [1.54, 1.807) is 6.08 Å². The highest BCUT2D eigenvalue weighted by atomic mass is 32.2. The Balaban J connectivity index is 1.61. The molecule has 0 radical (unpaired) electrons. The number of hydrogen-bond donors (Lipinski definition) is 1. The molecule has 2 aromatic rings. The highest BCUT2D eigenvalue weighted by Crippen LogP contribution is 2.29. The molecule has 0 unspecified atom stereocenters. The van der Waals surface area contributed by atoms with Crippen LogP contribution in [0.4, 0.5) is 0 Å². The van der Waals surface area contributed by atoms with Crippen molar-refractivity contribution < 1.29 is 14.3 Å². The van der Waals surface area contributed by atoms with Crippen molar-refractivity contribution in [3.05, 3.63) is 65.1 Å². The van der Waals surface area contributed by atoms with Crippen molar-refractivity contribution in [2.45, 2.75) is 0 Å². The molecule has 0 spiro atoms. The van der Waals surface area contributed by atoms with Crippen LogP contribution in [-0.2, 0) is 4.79 Å². The highest BCUT2D eigenvalue weighted by molar-refractivity contribution is 8.26. The molecule has 2 aromatic carbocycles. The fraction of sp³-hybridized carbons (Fsp3) is 0.111. The van der Waals surface area contributed by atoms with Crippen LogP contribution in [0.2, 0.25) is 0 Å². The van der Waals surface area contributed by atoms with E-state index in [1.165, 1.54) is 11.8 Å². The van der Waals surface area contributed by atoms with E-state index >= 15 is 0 Å². The van der Waals surface area contributed by atoms with Crippen molar-refractivity contribution in [1.29, 1.82) is 0 Å². The molecule has 1 N–H and O–H groups in total. The number of carbonyl (C=O) groups is 1. The molecule has 0 aromatic heterocycles. The summed E-state index contributed by atoms with van der Waals surface area (Å²) < 4.78 is 11.9. The number of benzene rings is 2. The standard InChI is InChI=1S/C18H15NO3S2/c20-17-16(24-18(23)19-17)12-13-6-4-5-9-15(13)22-11-10-21-14-7-2-1-3-8-14/h1-9,12H,10-11H2,(H,19,20,23)/b16-12+. The van der Waals surface area contributed by atoms with E-state index < -0.39 is 0 Å². The third-order valence-corrected chi connectivity index (χ3v) is 4.36. The second-order valence-corrected chi connectivity index (χ2v) is 6.62. The number of rotatable bonds is 6. The molecule has 1 fully saturated rings. The Morgan fingerprint density at radius 2 is 1.71 bits per heavy atom. The maximum Gasteiger partial charge on any atom is 0.263 e. The topological polar surface area (TPSA) is 47.6 Å². The fourth-order valence-corrected chi connectivity index (χ4v) is 3.16.